The van der Waals surface area contributed by atoms with Gasteiger partial charge in [-0.05, 0) is 56.2 Å². The Morgan fingerprint density at radius 3 is 2.51 bits per heavy atom. The number of carbonyl (C=O) groups is 1. The Morgan fingerprint density at radius 1 is 1.06 bits per heavy atom. The molecule has 182 valence electrons. The summed E-state index contributed by atoms with van der Waals surface area (Å²) < 4.78 is 41.7. The molecule has 0 atom stereocenters. The van der Waals surface area contributed by atoms with E-state index in [1.807, 2.05) is 39.0 Å². The Hall–Kier alpha value is -3.95. The van der Waals surface area contributed by atoms with Crippen molar-refractivity contribution in [1.29, 1.82) is 0 Å². The fourth-order valence-electron chi connectivity index (χ4n) is 3.87. The molecule has 2 amide bonds. The van der Waals surface area contributed by atoms with E-state index in [0.29, 0.717) is 30.1 Å². The molecule has 0 saturated carbocycles. The number of amides is 2. The van der Waals surface area contributed by atoms with Gasteiger partial charge in [-0.25, -0.2) is 14.3 Å². The number of pyridine rings is 1. The van der Waals surface area contributed by atoms with Crippen LogP contribution in [0.25, 0.3) is 28.2 Å². The van der Waals surface area contributed by atoms with Gasteiger partial charge in [0.15, 0.2) is 11.3 Å². The molecular weight excluding hydrogens is 457 g/mol. The lowest BCUT2D eigenvalue weighted by atomic mass is 10.1. The number of rotatable bonds is 6. The summed E-state index contributed by atoms with van der Waals surface area (Å²) in [6.45, 7) is 7.03. The molecule has 0 unspecified atom stereocenters. The maximum absolute atomic E-state index is 13.4. The van der Waals surface area contributed by atoms with Gasteiger partial charge < -0.3 is 10.2 Å². The van der Waals surface area contributed by atoms with Crippen LogP contribution in [0.15, 0.2) is 54.9 Å². The number of nitrogens with zero attached hydrogens (tertiary/aromatic N) is 5. The molecule has 4 rings (SSSR count). The third kappa shape index (κ3) is 4.96. The van der Waals surface area contributed by atoms with E-state index in [4.69, 9.17) is 0 Å². The molecule has 3 aromatic heterocycles. The van der Waals surface area contributed by atoms with Gasteiger partial charge in [-0.2, -0.15) is 18.3 Å². The maximum atomic E-state index is 13.4. The third-order valence-electron chi connectivity index (χ3n) is 5.75. The minimum absolute atomic E-state index is 0.106. The number of anilines is 1. The van der Waals surface area contributed by atoms with Crippen molar-refractivity contribution in [2.75, 3.05) is 18.4 Å². The summed E-state index contributed by atoms with van der Waals surface area (Å²) in [6.07, 6.45) is -1.10. The van der Waals surface area contributed by atoms with E-state index in [2.05, 4.69) is 20.4 Å². The average Bonchev–Trinajstić information content (AvgIpc) is 3.28. The predicted octanol–water partition coefficient (Wildman–Crippen LogP) is 5.91. The standard InChI is InChI=1S/C25H25F3N6O/c1-4-16-9-10-17(14-20(16)31-24(35)33(5-2)6-3)21-15-34-22(30-21)12-11-19(32-34)18-8-7-13-29-23(18)25(26,27)28/h7-15H,4-6H2,1-3H3,(H,31,35). The molecule has 1 aromatic carbocycles. The molecule has 35 heavy (non-hydrogen) atoms. The van der Waals surface area contributed by atoms with Crippen molar-refractivity contribution >= 4 is 17.4 Å². The first-order valence-electron chi connectivity index (χ1n) is 11.3. The van der Waals surface area contributed by atoms with Crippen LogP contribution < -0.4 is 5.32 Å². The molecule has 0 fully saturated rings. The highest BCUT2D eigenvalue weighted by Gasteiger charge is 2.35. The molecular formula is C25H25F3N6O. The summed E-state index contributed by atoms with van der Waals surface area (Å²) >= 11 is 0. The summed E-state index contributed by atoms with van der Waals surface area (Å²) in [4.78, 5) is 22.4. The van der Waals surface area contributed by atoms with Crippen LogP contribution in [0.1, 0.15) is 32.0 Å². The van der Waals surface area contributed by atoms with Crippen molar-refractivity contribution < 1.29 is 18.0 Å². The second-order valence-electron chi connectivity index (χ2n) is 7.87. The van der Waals surface area contributed by atoms with Crippen LogP contribution in [-0.2, 0) is 12.6 Å². The summed E-state index contributed by atoms with van der Waals surface area (Å²) in [7, 11) is 0. The lowest BCUT2D eigenvalue weighted by Crippen LogP contribution is -2.34. The smallest absolute Gasteiger partial charge is 0.325 e. The van der Waals surface area contributed by atoms with Gasteiger partial charge in [-0.15, -0.1) is 0 Å². The molecule has 0 aliphatic heterocycles. The molecule has 10 heteroatoms. The van der Waals surface area contributed by atoms with Gasteiger partial charge in [0, 0.05) is 36.1 Å². The first-order valence-corrected chi connectivity index (χ1v) is 11.3. The van der Waals surface area contributed by atoms with Crippen LogP contribution in [0.3, 0.4) is 0 Å². The Labute approximate surface area is 200 Å². The van der Waals surface area contributed by atoms with E-state index in [1.165, 1.54) is 22.7 Å². The van der Waals surface area contributed by atoms with E-state index in [9.17, 15) is 18.0 Å². The number of alkyl halides is 3. The molecule has 0 saturated heterocycles. The number of carbonyl (C=O) groups excluding carboxylic acids is 1. The van der Waals surface area contributed by atoms with Crippen LogP contribution in [0.2, 0.25) is 0 Å². The SMILES string of the molecule is CCc1ccc(-c2cn3nc(-c4cccnc4C(F)(F)F)ccc3n2)cc1NC(=O)N(CC)CC. The van der Waals surface area contributed by atoms with E-state index < -0.39 is 11.9 Å². The highest BCUT2D eigenvalue weighted by atomic mass is 19.4. The number of aryl methyl sites for hydroxylation is 1. The summed E-state index contributed by atoms with van der Waals surface area (Å²) in [5.74, 6) is 0. The summed E-state index contributed by atoms with van der Waals surface area (Å²) in [6, 6.07) is 11.4. The minimum atomic E-state index is -4.60. The molecule has 4 aromatic rings. The van der Waals surface area contributed by atoms with Crippen molar-refractivity contribution in [3.63, 3.8) is 0 Å². The number of nitrogens with one attached hydrogen (secondary N) is 1. The van der Waals surface area contributed by atoms with Crippen LogP contribution in [-0.4, -0.2) is 43.6 Å². The Morgan fingerprint density at radius 2 is 1.83 bits per heavy atom. The van der Waals surface area contributed by atoms with E-state index in [0.717, 1.165) is 23.7 Å². The molecule has 7 nitrogen and oxygen atoms in total. The molecule has 0 aliphatic carbocycles. The van der Waals surface area contributed by atoms with E-state index in [1.54, 1.807) is 17.2 Å². The fraction of sp³-hybridized carbons (Fsp3) is 0.280. The zero-order valence-electron chi connectivity index (χ0n) is 19.6. The van der Waals surface area contributed by atoms with Gasteiger partial charge in [-0.3, -0.25) is 4.98 Å². The number of halogens is 3. The summed E-state index contributed by atoms with van der Waals surface area (Å²) in [5, 5.41) is 7.34. The second-order valence-corrected chi connectivity index (χ2v) is 7.87. The molecule has 0 radical (unpaired) electrons. The van der Waals surface area contributed by atoms with Gasteiger partial charge in [0.2, 0.25) is 0 Å². The number of urea groups is 1. The van der Waals surface area contributed by atoms with E-state index in [-0.39, 0.29) is 17.3 Å². The second kappa shape index (κ2) is 9.73. The fourth-order valence-corrected chi connectivity index (χ4v) is 3.87. The quantitative estimate of drug-likeness (QED) is 0.371. The zero-order valence-corrected chi connectivity index (χ0v) is 19.6. The Balaban J connectivity index is 1.71. The maximum Gasteiger partial charge on any atom is 0.434 e. The minimum Gasteiger partial charge on any atom is -0.325 e. The molecule has 0 spiro atoms. The lowest BCUT2D eigenvalue weighted by Gasteiger charge is -2.20. The van der Waals surface area contributed by atoms with E-state index >= 15 is 0 Å². The molecule has 0 aliphatic rings. The normalized spacial score (nSPS) is 11.6. The number of hydrogen-bond donors (Lipinski definition) is 1. The number of fused-ring (bicyclic) bond motifs is 1. The van der Waals surface area contributed by atoms with Crippen LogP contribution in [0, 0.1) is 0 Å². The molecule has 0 bridgehead atoms. The topological polar surface area (TPSA) is 75.4 Å². The van der Waals surface area contributed by atoms with Crippen LogP contribution in [0.5, 0.6) is 0 Å². The largest absolute Gasteiger partial charge is 0.434 e. The predicted molar refractivity (Wildman–Crippen MR) is 128 cm³/mol. The lowest BCUT2D eigenvalue weighted by molar-refractivity contribution is -0.140. The van der Waals surface area contributed by atoms with Crippen molar-refractivity contribution in [1.82, 2.24) is 24.5 Å². The Kier molecular flexibility index (Phi) is 6.72. The first-order chi connectivity index (χ1) is 16.7. The van der Waals surface area contributed by atoms with Crippen LogP contribution >= 0.6 is 0 Å². The molecule has 3 heterocycles. The van der Waals surface area contributed by atoms with Crippen molar-refractivity contribution in [3.05, 3.63) is 66.1 Å². The highest BCUT2D eigenvalue weighted by Crippen LogP contribution is 2.35. The number of hydrogen-bond acceptors (Lipinski definition) is 4. The van der Waals surface area contributed by atoms with Gasteiger partial charge in [0.05, 0.1) is 17.6 Å². The van der Waals surface area contributed by atoms with Crippen LogP contribution in [0.4, 0.5) is 23.7 Å². The van der Waals surface area contributed by atoms with Gasteiger partial charge in [0.25, 0.3) is 0 Å². The molecule has 1 N–H and O–H groups in total. The third-order valence-corrected chi connectivity index (χ3v) is 5.75. The average molecular weight is 483 g/mol. The Bertz CT molecular complexity index is 1360. The first kappa shape index (κ1) is 24.2. The monoisotopic (exact) mass is 482 g/mol. The van der Waals surface area contributed by atoms with Gasteiger partial charge in [0.1, 0.15) is 0 Å². The number of aromatic nitrogens is 4. The van der Waals surface area contributed by atoms with Crippen molar-refractivity contribution in [2.45, 2.75) is 33.4 Å². The summed E-state index contributed by atoms with van der Waals surface area (Å²) in [5.41, 5.74) is 2.53. The van der Waals surface area contributed by atoms with Gasteiger partial charge >= 0.3 is 12.2 Å². The van der Waals surface area contributed by atoms with Crippen molar-refractivity contribution in [3.8, 4) is 22.5 Å². The highest BCUT2D eigenvalue weighted by molar-refractivity contribution is 5.91. The van der Waals surface area contributed by atoms with Crippen molar-refractivity contribution in [2.24, 2.45) is 0 Å². The number of imidazole rings is 1. The zero-order chi connectivity index (χ0) is 25.2. The van der Waals surface area contributed by atoms with Gasteiger partial charge in [-0.1, -0.05) is 19.1 Å². The number of benzene rings is 1.